The molecule has 3 heteroatoms. The number of rotatable bonds is 3. The number of hydrogen-bond acceptors (Lipinski definition) is 2. The van der Waals surface area contributed by atoms with E-state index in [1.807, 2.05) is 6.20 Å². The maximum absolute atomic E-state index is 4.04. The maximum atomic E-state index is 4.04. The lowest BCUT2D eigenvalue weighted by molar-refractivity contribution is 0.519. The fourth-order valence-corrected chi connectivity index (χ4v) is 2.76. The van der Waals surface area contributed by atoms with E-state index in [9.17, 15) is 0 Å². The Bertz CT molecular complexity index is 541. The molecule has 0 bridgehead atoms. The molecule has 0 aliphatic heterocycles. The Kier molecular flexibility index (Phi) is 2.18. The van der Waals surface area contributed by atoms with E-state index in [0.29, 0.717) is 11.5 Å². The highest BCUT2D eigenvalue weighted by Crippen LogP contribution is 2.53. The molecule has 0 spiro atoms. The highest BCUT2D eigenvalue weighted by atomic mass is 15.1. The second kappa shape index (κ2) is 3.49. The van der Waals surface area contributed by atoms with Crippen LogP contribution in [0.25, 0.3) is 10.9 Å². The van der Waals surface area contributed by atoms with Gasteiger partial charge in [0, 0.05) is 17.1 Å². The fourth-order valence-electron chi connectivity index (χ4n) is 2.76. The van der Waals surface area contributed by atoms with Gasteiger partial charge in [0.15, 0.2) is 0 Å². The molecule has 1 heterocycles. The van der Waals surface area contributed by atoms with E-state index < -0.39 is 0 Å². The average Bonchev–Trinajstić information content (AvgIpc) is 2.73. The number of benzene rings is 1. The molecular weight excluding hydrogens is 210 g/mol. The first kappa shape index (κ1) is 10.6. The third kappa shape index (κ3) is 1.90. The zero-order valence-corrected chi connectivity index (χ0v) is 10.6. The summed E-state index contributed by atoms with van der Waals surface area (Å²) >= 11 is 0. The molecule has 90 valence electrons. The van der Waals surface area contributed by atoms with Crippen LogP contribution < -0.4 is 5.32 Å². The summed E-state index contributed by atoms with van der Waals surface area (Å²) in [6.45, 7) is 6.96. The van der Waals surface area contributed by atoms with Gasteiger partial charge in [0.25, 0.3) is 0 Å². The van der Waals surface area contributed by atoms with Crippen molar-refractivity contribution in [1.82, 2.24) is 10.2 Å². The van der Waals surface area contributed by atoms with Crippen molar-refractivity contribution in [3.63, 3.8) is 0 Å². The molecule has 1 aliphatic carbocycles. The van der Waals surface area contributed by atoms with Crippen LogP contribution in [0.5, 0.6) is 0 Å². The minimum atomic E-state index is 0.520. The summed E-state index contributed by atoms with van der Waals surface area (Å²) in [4.78, 5) is 0. The van der Waals surface area contributed by atoms with Crippen LogP contribution in [0.1, 0.15) is 27.2 Å². The van der Waals surface area contributed by atoms with Crippen LogP contribution >= 0.6 is 0 Å². The fraction of sp³-hybridized carbons (Fsp3) is 0.500. The molecule has 2 atom stereocenters. The van der Waals surface area contributed by atoms with Crippen molar-refractivity contribution in [3.05, 3.63) is 24.4 Å². The lowest BCUT2D eigenvalue weighted by atomic mass is 10.0. The third-order valence-electron chi connectivity index (χ3n) is 4.03. The van der Waals surface area contributed by atoms with Crippen molar-refractivity contribution >= 4 is 16.6 Å². The number of aromatic amines is 1. The van der Waals surface area contributed by atoms with Gasteiger partial charge in [0.2, 0.25) is 0 Å². The smallest absolute Gasteiger partial charge is 0.0651 e. The Morgan fingerprint density at radius 3 is 2.94 bits per heavy atom. The van der Waals surface area contributed by atoms with E-state index in [1.165, 1.54) is 12.1 Å². The summed E-state index contributed by atoms with van der Waals surface area (Å²) in [5, 5.41) is 11.8. The van der Waals surface area contributed by atoms with E-state index in [-0.39, 0.29) is 0 Å². The van der Waals surface area contributed by atoms with Gasteiger partial charge in [-0.1, -0.05) is 13.8 Å². The molecule has 0 amide bonds. The number of nitrogens with one attached hydrogen (secondary N) is 2. The van der Waals surface area contributed by atoms with Crippen molar-refractivity contribution in [2.75, 3.05) is 5.32 Å². The lowest BCUT2D eigenvalue weighted by Crippen LogP contribution is -2.19. The first-order valence-corrected chi connectivity index (χ1v) is 6.26. The molecule has 3 nitrogen and oxygen atoms in total. The Balaban J connectivity index is 1.76. The number of anilines is 1. The van der Waals surface area contributed by atoms with Gasteiger partial charge in [0.1, 0.15) is 0 Å². The number of aromatic nitrogens is 2. The molecule has 0 radical (unpaired) electrons. The van der Waals surface area contributed by atoms with Crippen LogP contribution in [0.2, 0.25) is 0 Å². The van der Waals surface area contributed by atoms with Gasteiger partial charge in [-0.3, -0.25) is 5.10 Å². The number of hydrogen-bond donors (Lipinski definition) is 2. The Hall–Kier alpha value is -1.51. The molecule has 1 aliphatic rings. The molecule has 1 aromatic heterocycles. The summed E-state index contributed by atoms with van der Waals surface area (Å²) in [7, 11) is 0. The van der Waals surface area contributed by atoms with Crippen LogP contribution in [0, 0.1) is 11.3 Å². The van der Waals surface area contributed by atoms with E-state index in [1.54, 1.807) is 0 Å². The van der Waals surface area contributed by atoms with Crippen LogP contribution in [0.4, 0.5) is 5.69 Å². The van der Waals surface area contributed by atoms with Crippen LogP contribution in [-0.4, -0.2) is 16.2 Å². The SMILES string of the molecule is CC(Nc1ccc2[nH]ncc2c1)C1CC1(C)C. The zero-order chi connectivity index (χ0) is 12.0. The summed E-state index contributed by atoms with van der Waals surface area (Å²) < 4.78 is 0. The molecule has 1 aromatic carbocycles. The maximum Gasteiger partial charge on any atom is 0.0651 e. The van der Waals surface area contributed by atoms with Gasteiger partial charge in [0.05, 0.1) is 11.7 Å². The normalized spacial score (nSPS) is 23.6. The minimum Gasteiger partial charge on any atom is -0.382 e. The number of nitrogens with zero attached hydrogens (tertiary/aromatic N) is 1. The molecular formula is C14H19N3. The zero-order valence-electron chi connectivity index (χ0n) is 10.6. The lowest BCUT2D eigenvalue weighted by Gasteiger charge is -2.16. The third-order valence-corrected chi connectivity index (χ3v) is 4.03. The highest BCUT2D eigenvalue weighted by molar-refractivity contribution is 5.81. The first-order valence-electron chi connectivity index (χ1n) is 6.26. The standard InChI is InChI=1S/C14H19N3/c1-9(12-7-14(12,2)3)16-11-4-5-13-10(6-11)8-15-17-13/h4-6,8-9,12,16H,7H2,1-3H3,(H,15,17). The monoisotopic (exact) mass is 229 g/mol. The van der Waals surface area contributed by atoms with Gasteiger partial charge < -0.3 is 5.32 Å². The average molecular weight is 229 g/mol. The van der Waals surface area contributed by atoms with Gasteiger partial charge in [-0.25, -0.2) is 0 Å². The topological polar surface area (TPSA) is 40.7 Å². The summed E-state index contributed by atoms with van der Waals surface area (Å²) in [6.07, 6.45) is 3.20. The van der Waals surface area contributed by atoms with Gasteiger partial charge >= 0.3 is 0 Å². The van der Waals surface area contributed by atoms with Gasteiger partial charge in [-0.15, -0.1) is 0 Å². The van der Waals surface area contributed by atoms with Crippen molar-refractivity contribution in [1.29, 1.82) is 0 Å². The summed E-state index contributed by atoms with van der Waals surface area (Å²) in [5.74, 6) is 0.794. The Morgan fingerprint density at radius 1 is 1.47 bits per heavy atom. The molecule has 1 fully saturated rings. The van der Waals surface area contributed by atoms with Crippen LogP contribution in [0.3, 0.4) is 0 Å². The first-order chi connectivity index (χ1) is 8.06. The Morgan fingerprint density at radius 2 is 2.24 bits per heavy atom. The molecule has 1 saturated carbocycles. The minimum absolute atomic E-state index is 0.520. The van der Waals surface area contributed by atoms with Crippen molar-refractivity contribution in [2.24, 2.45) is 11.3 Å². The molecule has 17 heavy (non-hydrogen) atoms. The Labute approximate surface area is 102 Å². The molecule has 0 saturated heterocycles. The van der Waals surface area contributed by atoms with Crippen LogP contribution in [0.15, 0.2) is 24.4 Å². The van der Waals surface area contributed by atoms with Crippen molar-refractivity contribution < 1.29 is 0 Å². The molecule has 2 aromatic rings. The molecule has 2 N–H and O–H groups in total. The molecule has 3 rings (SSSR count). The van der Waals surface area contributed by atoms with Gasteiger partial charge in [-0.05, 0) is 42.9 Å². The highest BCUT2D eigenvalue weighted by Gasteiger charge is 2.48. The second-order valence-corrected chi connectivity index (χ2v) is 5.90. The number of fused-ring (bicyclic) bond motifs is 1. The van der Waals surface area contributed by atoms with Crippen LogP contribution in [-0.2, 0) is 0 Å². The quantitative estimate of drug-likeness (QED) is 0.846. The van der Waals surface area contributed by atoms with E-state index >= 15 is 0 Å². The second-order valence-electron chi connectivity index (χ2n) is 5.90. The van der Waals surface area contributed by atoms with E-state index in [0.717, 1.165) is 16.8 Å². The largest absolute Gasteiger partial charge is 0.382 e. The molecule has 2 unspecified atom stereocenters. The van der Waals surface area contributed by atoms with Crippen molar-refractivity contribution in [3.8, 4) is 0 Å². The van der Waals surface area contributed by atoms with Crippen molar-refractivity contribution in [2.45, 2.75) is 33.2 Å². The summed E-state index contributed by atoms with van der Waals surface area (Å²) in [5.41, 5.74) is 2.80. The predicted octanol–water partition coefficient (Wildman–Crippen LogP) is 3.41. The van der Waals surface area contributed by atoms with E-state index in [2.05, 4.69) is 54.5 Å². The summed E-state index contributed by atoms with van der Waals surface area (Å²) in [6, 6.07) is 6.89. The van der Waals surface area contributed by atoms with Gasteiger partial charge in [-0.2, -0.15) is 5.10 Å². The number of H-pyrrole nitrogens is 1. The predicted molar refractivity (Wildman–Crippen MR) is 71.1 cm³/mol. The van der Waals surface area contributed by atoms with E-state index in [4.69, 9.17) is 0 Å².